The van der Waals surface area contributed by atoms with Gasteiger partial charge in [-0.05, 0) is 0 Å². The summed E-state index contributed by atoms with van der Waals surface area (Å²) in [5.74, 6) is 1.02. The fourth-order valence-electron chi connectivity index (χ4n) is 0.903. The largest absolute Gasteiger partial charge is 0.355 e. The molecule has 1 N–H and O–H groups in total. The standard InChI is InChI=1S/C7H12N4OS/c1-11-5-9-10-6(11)2-3-8-7(12)4-13/h5,13H,2-4H2,1H3,(H,8,12). The van der Waals surface area contributed by atoms with Gasteiger partial charge in [-0.15, -0.1) is 10.2 Å². The average Bonchev–Trinajstić information content (AvgIpc) is 2.52. The van der Waals surface area contributed by atoms with E-state index >= 15 is 0 Å². The molecule has 0 saturated carbocycles. The van der Waals surface area contributed by atoms with Crippen LogP contribution < -0.4 is 5.32 Å². The lowest BCUT2D eigenvalue weighted by molar-refractivity contribution is -0.118. The van der Waals surface area contributed by atoms with Gasteiger partial charge >= 0.3 is 0 Å². The summed E-state index contributed by atoms with van der Waals surface area (Å²) in [4.78, 5) is 10.8. The minimum atomic E-state index is -0.0644. The Morgan fingerprint density at radius 1 is 1.77 bits per heavy atom. The van der Waals surface area contributed by atoms with E-state index in [9.17, 15) is 4.79 Å². The second-order valence-corrected chi connectivity index (χ2v) is 2.93. The number of amides is 1. The molecule has 0 unspecified atom stereocenters. The maximum Gasteiger partial charge on any atom is 0.229 e. The van der Waals surface area contributed by atoms with Crippen LogP contribution in [-0.4, -0.2) is 33.0 Å². The van der Waals surface area contributed by atoms with E-state index in [0.717, 1.165) is 5.82 Å². The van der Waals surface area contributed by atoms with Crippen molar-refractivity contribution in [2.45, 2.75) is 6.42 Å². The quantitative estimate of drug-likeness (QED) is 0.638. The lowest BCUT2D eigenvalue weighted by atomic mass is 10.4. The summed E-state index contributed by atoms with van der Waals surface area (Å²) in [6, 6.07) is 0. The molecule has 1 amide bonds. The number of carbonyl (C=O) groups excluding carboxylic acids is 1. The van der Waals surface area contributed by atoms with Crippen molar-refractivity contribution in [1.82, 2.24) is 20.1 Å². The van der Waals surface area contributed by atoms with Crippen LogP contribution in [0.4, 0.5) is 0 Å². The van der Waals surface area contributed by atoms with E-state index in [0.29, 0.717) is 13.0 Å². The molecule has 72 valence electrons. The molecule has 1 heterocycles. The van der Waals surface area contributed by atoms with Crippen LogP contribution in [-0.2, 0) is 18.3 Å². The number of nitrogens with zero attached hydrogens (tertiary/aromatic N) is 3. The van der Waals surface area contributed by atoms with Gasteiger partial charge in [-0.25, -0.2) is 0 Å². The number of aromatic nitrogens is 3. The maximum absolute atomic E-state index is 10.8. The fraction of sp³-hybridized carbons (Fsp3) is 0.571. The molecule has 0 radical (unpaired) electrons. The highest BCUT2D eigenvalue weighted by molar-refractivity contribution is 7.81. The highest BCUT2D eigenvalue weighted by Crippen LogP contribution is 1.91. The van der Waals surface area contributed by atoms with Gasteiger partial charge in [0.05, 0.1) is 5.75 Å². The lowest BCUT2D eigenvalue weighted by Gasteiger charge is -2.01. The first-order valence-corrected chi connectivity index (χ1v) is 4.57. The smallest absolute Gasteiger partial charge is 0.229 e. The van der Waals surface area contributed by atoms with Crippen LogP contribution in [0.5, 0.6) is 0 Å². The van der Waals surface area contributed by atoms with Crippen molar-refractivity contribution in [3.63, 3.8) is 0 Å². The van der Waals surface area contributed by atoms with Crippen molar-refractivity contribution >= 4 is 18.5 Å². The molecule has 0 spiro atoms. The van der Waals surface area contributed by atoms with E-state index in [1.807, 2.05) is 11.6 Å². The van der Waals surface area contributed by atoms with Crippen LogP contribution in [0.3, 0.4) is 0 Å². The van der Waals surface area contributed by atoms with E-state index in [1.165, 1.54) is 0 Å². The van der Waals surface area contributed by atoms with Gasteiger partial charge in [-0.1, -0.05) is 0 Å². The molecular formula is C7H12N4OS. The molecule has 1 aromatic heterocycles. The Kier molecular flexibility index (Phi) is 3.75. The molecule has 1 rings (SSSR count). The molecule has 13 heavy (non-hydrogen) atoms. The van der Waals surface area contributed by atoms with Crippen LogP contribution >= 0.6 is 12.6 Å². The summed E-state index contributed by atoms with van der Waals surface area (Å²) < 4.78 is 1.83. The third-order valence-electron chi connectivity index (χ3n) is 1.62. The van der Waals surface area contributed by atoms with E-state index < -0.39 is 0 Å². The predicted molar refractivity (Wildman–Crippen MR) is 51.6 cm³/mol. The number of hydrogen-bond donors (Lipinski definition) is 2. The van der Waals surface area contributed by atoms with Gasteiger partial charge < -0.3 is 9.88 Å². The first-order valence-electron chi connectivity index (χ1n) is 3.94. The zero-order chi connectivity index (χ0) is 9.68. The Hall–Kier alpha value is -1.04. The van der Waals surface area contributed by atoms with Gasteiger partial charge in [0.25, 0.3) is 0 Å². The minimum Gasteiger partial charge on any atom is -0.355 e. The van der Waals surface area contributed by atoms with Crippen molar-refractivity contribution in [2.24, 2.45) is 7.05 Å². The minimum absolute atomic E-state index is 0.0644. The number of thiol groups is 1. The maximum atomic E-state index is 10.8. The van der Waals surface area contributed by atoms with Gasteiger partial charge in [-0.2, -0.15) is 12.6 Å². The third kappa shape index (κ3) is 3.06. The molecule has 6 heteroatoms. The molecule has 0 aromatic carbocycles. The van der Waals surface area contributed by atoms with Gasteiger partial charge in [0.15, 0.2) is 0 Å². The molecule has 5 nitrogen and oxygen atoms in total. The summed E-state index contributed by atoms with van der Waals surface area (Å²) in [6.07, 6.45) is 2.33. The zero-order valence-electron chi connectivity index (χ0n) is 7.40. The van der Waals surface area contributed by atoms with E-state index in [1.54, 1.807) is 6.33 Å². The second kappa shape index (κ2) is 4.86. The van der Waals surface area contributed by atoms with E-state index in [4.69, 9.17) is 0 Å². The Morgan fingerprint density at radius 3 is 3.08 bits per heavy atom. The van der Waals surface area contributed by atoms with Crippen LogP contribution in [0.25, 0.3) is 0 Å². The van der Waals surface area contributed by atoms with Gasteiger partial charge in [0.1, 0.15) is 12.2 Å². The van der Waals surface area contributed by atoms with Crippen molar-refractivity contribution in [3.8, 4) is 0 Å². The zero-order valence-corrected chi connectivity index (χ0v) is 8.29. The van der Waals surface area contributed by atoms with E-state index in [2.05, 4.69) is 28.1 Å². The predicted octanol–water partition coefficient (Wildman–Crippen LogP) is -0.596. The lowest BCUT2D eigenvalue weighted by Crippen LogP contribution is -2.27. The van der Waals surface area contributed by atoms with Crippen molar-refractivity contribution in [3.05, 3.63) is 12.2 Å². The normalized spacial score (nSPS) is 10.0. The number of aryl methyl sites for hydroxylation is 1. The molecule has 0 saturated heterocycles. The number of rotatable bonds is 4. The van der Waals surface area contributed by atoms with Gasteiger partial charge in [0, 0.05) is 20.0 Å². The third-order valence-corrected chi connectivity index (χ3v) is 1.91. The topological polar surface area (TPSA) is 59.8 Å². The van der Waals surface area contributed by atoms with Crippen LogP contribution in [0.15, 0.2) is 6.33 Å². The highest BCUT2D eigenvalue weighted by atomic mass is 32.1. The molecule has 1 aromatic rings. The van der Waals surface area contributed by atoms with Crippen LogP contribution in [0, 0.1) is 0 Å². The fourth-order valence-corrected chi connectivity index (χ4v) is 1.01. The summed E-state index contributed by atoms with van der Waals surface area (Å²) >= 11 is 3.84. The van der Waals surface area contributed by atoms with Crippen molar-refractivity contribution in [2.75, 3.05) is 12.3 Å². The molecule has 0 bridgehead atoms. The Labute approximate surface area is 81.9 Å². The number of carbonyl (C=O) groups is 1. The Morgan fingerprint density at radius 2 is 2.54 bits per heavy atom. The van der Waals surface area contributed by atoms with Crippen LogP contribution in [0.1, 0.15) is 5.82 Å². The first-order chi connectivity index (χ1) is 6.24. The second-order valence-electron chi connectivity index (χ2n) is 2.62. The Balaban J connectivity index is 2.28. The van der Waals surface area contributed by atoms with Gasteiger partial charge in [-0.3, -0.25) is 4.79 Å². The molecule has 0 aliphatic rings. The number of hydrogen-bond acceptors (Lipinski definition) is 4. The van der Waals surface area contributed by atoms with Crippen LogP contribution in [0.2, 0.25) is 0 Å². The molecule has 0 aliphatic carbocycles. The first kappa shape index (κ1) is 10.0. The monoisotopic (exact) mass is 200 g/mol. The Bertz CT molecular complexity index is 286. The SMILES string of the molecule is Cn1cnnc1CCNC(=O)CS. The summed E-state index contributed by atoms with van der Waals surface area (Å²) in [6.45, 7) is 0.575. The summed E-state index contributed by atoms with van der Waals surface area (Å²) in [5, 5.41) is 10.3. The summed E-state index contributed by atoms with van der Waals surface area (Å²) in [5.41, 5.74) is 0. The molecule has 0 fully saturated rings. The van der Waals surface area contributed by atoms with E-state index in [-0.39, 0.29) is 11.7 Å². The number of nitrogens with one attached hydrogen (secondary N) is 1. The van der Waals surface area contributed by atoms with Crippen molar-refractivity contribution < 1.29 is 4.79 Å². The summed E-state index contributed by atoms with van der Waals surface area (Å²) in [7, 11) is 1.87. The van der Waals surface area contributed by atoms with Crippen molar-refractivity contribution in [1.29, 1.82) is 0 Å². The average molecular weight is 200 g/mol. The molecule has 0 atom stereocenters. The highest BCUT2D eigenvalue weighted by Gasteiger charge is 2.01. The molecular weight excluding hydrogens is 188 g/mol. The van der Waals surface area contributed by atoms with Gasteiger partial charge in [0.2, 0.25) is 5.91 Å². The molecule has 0 aliphatic heterocycles.